The Labute approximate surface area is 250 Å². The Kier molecular flexibility index (Phi) is 8.73. The molecule has 0 saturated carbocycles. The van der Waals surface area contributed by atoms with Gasteiger partial charge in [0, 0.05) is 17.6 Å². The minimum Gasteiger partial charge on any atom is -0.510 e. The number of nitrogens with two attached hydrogens (primary N) is 1. The van der Waals surface area contributed by atoms with Crippen LogP contribution in [0.1, 0.15) is 35.7 Å². The number of amides is 1. The topological polar surface area (TPSA) is 246 Å². The highest BCUT2D eigenvalue weighted by molar-refractivity contribution is 6.25. The Morgan fingerprint density at radius 2 is 1.89 bits per heavy atom. The fourth-order valence-electron chi connectivity index (χ4n) is 6.45. The first-order valence-corrected chi connectivity index (χ1v) is 13.6. The number of Topliss-reactive ketones (excluding diaryl/α,β-unsaturated/α-hetero) is 2. The van der Waals surface area contributed by atoms with Gasteiger partial charge in [0.15, 0.2) is 11.4 Å². The molecule has 0 fully saturated rings. The van der Waals surface area contributed by atoms with Crippen LogP contribution in [0.2, 0.25) is 0 Å². The second-order valence-electron chi connectivity index (χ2n) is 10.9. The quantitative estimate of drug-likeness (QED) is 0.0600. The van der Waals surface area contributed by atoms with Gasteiger partial charge < -0.3 is 46.1 Å². The molecule has 8 N–H and O–H groups in total. The molecule has 7 atom stereocenters. The van der Waals surface area contributed by atoms with E-state index in [1.165, 1.54) is 37.1 Å². The Bertz CT molecular complexity index is 1540. The van der Waals surface area contributed by atoms with Crippen molar-refractivity contribution in [1.29, 1.82) is 0 Å². The molecule has 0 saturated heterocycles. The largest absolute Gasteiger partial charge is 0.510 e. The molecule has 44 heavy (non-hydrogen) atoms. The zero-order chi connectivity index (χ0) is 32.8. The number of ether oxygens (including phenoxy) is 2. The van der Waals surface area contributed by atoms with E-state index in [-0.39, 0.29) is 30.0 Å². The summed E-state index contributed by atoms with van der Waals surface area (Å²) in [5, 5.41) is 59.7. The van der Waals surface area contributed by atoms with Crippen LogP contribution in [0.15, 0.2) is 40.9 Å². The monoisotopic (exact) mass is 615 g/mol. The van der Waals surface area contributed by atoms with Gasteiger partial charge >= 0.3 is 5.97 Å². The first-order chi connectivity index (χ1) is 20.7. The molecule has 15 nitrogen and oxygen atoms in total. The summed E-state index contributed by atoms with van der Waals surface area (Å²) in [6, 6.07) is 1.40. The lowest BCUT2D eigenvalue weighted by Gasteiger charge is -2.53. The number of benzene rings is 1. The fourth-order valence-corrected chi connectivity index (χ4v) is 6.45. The number of nitrogens with one attached hydrogen (secondary N) is 1. The van der Waals surface area contributed by atoms with Gasteiger partial charge in [0.05, 0.1) is 42.5 Å². The van der Waals surface area contributed by atoms with E-state index >= 15 is 0 Å². The Morgan fingerprint density at radius 1 is 1.23 bits per heavy atom. The van der Waals surface area contributed by atoms with Crippen LogP contribution in [0.4, 0.5) is 5.69 Å². The van der Waals surface area contributed by atoms with Gasteiger partial charge in [-0.15, -0.1) is 0 Å². The maximum atomic E-state index is 14.0. The summed E-state index contributed by atoms with van der Waals surface area (Å²) in [4.78, 5) is 64.0. The summed E-state index contributed by atoms with van der Waals surface area (Å²) >= 11 is 0. The van der Waals surface area contributed by atoms with Crippen LogP contribution < -0.4 is 11.1 Å². The van der Waals surface area contributed by atoms with Crippen molar-refractivity contribution in [3.8, 4) is 5.75 Å². The smallest absolute Gasteiger partial charge is 0.356 e. The second-order valence-corrected chi connectivity index (χ2v) is 10.9. The van der Waals surface area contributed by atoms with Crippen LogP contribution in [0.3, 0.4) is 0 Å². The highest BCUT2D eigenvalue weighted by Gasteiger charge is 2.67. The van der Waals surface area contributed by atoms with Crippen molar-refractivity contribution in [2.24, 2.45) is 17.6 Å². The molecule has 0 radical (unpaired) electrons. The lowest BCUT2D eigenvalue weighted by molar-refractivity contribution is -0.162. The summed E-state index contributed by atoms with van der Waals surface area (Å²) in [5.41, 5.74) is 0.361. The Balaban J connectivity index is 1.88. The molecule has 0 bridgehead atoms. The van der Waals surface area contributed by atoms with Crippen LogP contribution in [-0.4, -0.2) is 111 Å². The number of nitrogens with zero attached hydrogens (tertiary/aromatic N) is 1. The Morgan fingerprint density at radius 3 is 2.45 bits per heavy atom. The van der Waals surface area contributed by atoms with E-state index in [4.69, 9.17) is 15.2 Å². The number of anilines is 1. The average molecular weight is 616 g/mol. The number of primary amides is 1. The number of phenols is 1. The van der Waals surface area contributed by atoms with Gasteiger partial charge in [-0.05, 0) is 38.6 Å². The lowest BCUT2D eigenvalue weighted by Crippen LogP contribution is -2.68. The molecule has 3 aliphatic carbocycles. The number of aliphatic hydroxyl groups is 4. The van der Waals surface area contributed by atoms with Crippen molar-refractivity contribution in [2.75, 3.05) is 32.6 Å². The standard InChI is InChI=1S/C29H33N3O12/c1-5-43-28(41)27(44-10-6-9-33)31-13-8-7-12-11(2)14-16(21(35)15(12)20(13)34)24(38)29(42)18(22(14)36)19(32(3)4)23(37)17(25(29)39)26(30)40/h6-8,11,14,18-19,22,27,31,34,36-38,42H,5,10H2,1-4H3,(H2,30,40)/t11-,14+,18+,19+,22-,27?,29-/m1/s1. The molecule has 1 unspecified atom stereocenters. The van der Waals surface area contributed by atoms with Gasteiger partial charge in [0.1, 0.15) is 28.8 Å². The number of phenolic OH excluding ortho intramolecular Hbond substituents is 1. The van der Waals surface area contributed by atoms with Crippen molar-refractivity contribution < 1.29 is 59.0 Å². The molecule has 15 heteroatoms. The van der Waals surface area contributed by atoms with Gasteiger partial charge in [-0.2, -0.15) is 0 Å². The number of aliphatic hydroxyl groups excluding tert-OH is 3. The van der Waals surface area contributed by atoms with Gasteiger partial charge in [0.2, 0.25) is 12.0 Å². The average Bonchev–Trinajstić information content (AvgIpc) is 2.95. The van der Waals surface area contributed by atoms with Crippen molar-refractivity contribution in [2.45, 2.75) is 43.7 Å². The number of aromatic hydroxyl groups is 1. The normalized spacial score (nSPS) is 28.5. The highest BCUT2D eigenvalue weighted by Crippen LogP contribution is 2.56. The van der Waals surface area contributed by atoms with E-state index in [0.29, 0.717) is 0 Å². The first-order valence-electron chi connectivity index (χ1n) is 13.6. The number of likely N-dealkylation sites (N-methyl/N-ethyl adjacent to an activating group) is 1. The molecule has 236 valence electrons. The van der Waals surface area contributed by atoms with Crippen molar-refractivity contribution >= 4 is 35.1 Å². The zero-order valence-corrected chi connectivity index (χ0v) is 24.2. The van der Waals surface area contributed by atoms with E-state index in [9.17, 15) is 49.5 Å². The molecule has 4 rings (SSSR count). The minimum absolute atomic E-state index is 0.0189. The van der Waals surface area contributed by atoms with Gasteiger partial charge in [-0.25, -0.2) is 9.59 Å². The molecule has 3 aliphatic rings. The number of rotatable bonds is 9. The zero-order valence-electron chi connectivity index (χ0n) is 24.2. The number of hydrogen-bond donors (Lipinski definition) is 7. The number of esters is 1. The van der Waals surface area contributed by atoms with E-state index in [2.05, 4.69) is 5.32 Å². The molecular formula is C29H33N3O12. The van der Waals surface area contributed by atoms with Crippen LogP contribution in [0.5, 0.6) is 5.75 Å². The third kappa shape index (κ3) is 4.75. The third-order valence-electron chi connectivity index (χ3n) is 8.35. The first kappa shape index (κ1) is 32.4. The molecule has 1 aromatic carbocycles. The summed E-state index contributed by atoms with van der Waals surface area (Å²) < 4.78 is 10.2. The van der Waals surface area contributed by atoms with E-state index in [0.717, 1.165) is 6.08 Å². The predicted molar refractivity (Wildman–Crippen MR) is 150 cm³/mol. The molecule has 1 aromatic rings. The van der Waals surface area contributed by atoms with Gasteiger partial charge in [-0.1, -0.05) is 13.0 Å². The summed E-state index contributed by atoms with van der Waals surface area (Å²) in [6.45, 7) is 2.77. The minimum atomic E-state index is -3.05. The maximum absolute atomic E-state index is 14.0. The molecule has 1 amide bonds. The van der Waals surface area contributed by atoms with Crippen molar-refractivity contribution in [3.05, 3.63) is 52.0 Å². The number of carbonyl (C=O) groups excluding carboxylic acids is 5. The van der Waals surface area contributed by atoms with E-state index in [1.807, 2.05) is 0 Å². The third-order valence-corrected chi connectivity index (χ3v) is 8.35. The van der Waals surface area contributed by atoms with Crippen LogP contribution >= 0.6 is 0 Å². The highest BCUT2D eigenvalue weighted by atomic mass is 16.6. The summed E-state index contributed by atoms with van der Waals surface area (Å²) in [5.74, 6) is -9.72. The number of hydrogen-bond acceptors (Lipinski definition) is 14. The van der Waals surface area contributed by atoms with E-state index < -0.39 is 93.6 Å². The fraction of sp³-hybridized carbons (Fsp3) is 0.448. The Hall–Kier alpha value is -4.53. The van der Waals surface area contributed by atoms with Crippen LogP contribution in [0, 0.1) is 11.8 Å². The maximum Gasteiger partial charge on any atom is 0.356 e. The van der Waals surface area contributed by atoms with Gasteiger partial charge in [0.25, 0.3) is 5.91 Å². The van der Waals surface area contributed by atoms with Gasteiger partial charge in [-0.3, -0.25) is 19.3 Å². The van der Waals surface area contributed by atoms with Crippen LogP contribution in [0.25, 0.3) is 0 Å². The van der Waals surface area contributed by atoms with Crippen molar-refractivity contribution in [1.82, 2.24) is 4.90 Å². The van der Waals surface area contributed by atoms with E-state index in [1.54, 1.807) is 13.8 Å². The SMILES string of the molecule is CCOC(=O)C(Nc1ccc2c(c1O)C(=O)C1=C(O)[C@@]3(O)C(=O)C(C(N)=O)=C(O)[C@@H](N(C)C)[C@H]3[C@H](O)[C@H]1[C@@H]2C)OCC=C=O. The molecule has 0 aliphatic heterocycles. The predicted octanol–water partition coefficient (Wildman–Crippen LogP) is -0.642. The summed E-state index contributed by atoms with van der Waals surface area (Å²) in [7, 11) is 2.89. The van der Waals surface area contributed by atoms with Crippen LogP contribution in [-0.2, 0) is 28.7 Å². The van der Waals surface area contributed by atoms with Crippen molar-refractivity contribution in [3.63, 3.8) is 0 Å². The molecule has 0 heterocycles. The second kappa shape index (κ2) is 11.9. The lowest BCUT2D eigenvalue weighted by atomic mass is 9.55. The molecule has 0 spiro atoms. The number of fused-ring (bicyclic) bond motifs is 3. The molecular weight excluding hydrogens is 582 g/mol. The molecule has 0 aromatic heterocycles. The summed E-state index contributed by atoms with van der Waals surface area (Å²) in [6.07, 6.45) is -2.31. The number of ketones is 2. The number of carbonyl (C=O) groups is 4.